The molecule has 17 heavy (non-hydrogen) atoms. The lowest BCUT2D eigenvalue weighted by atomic mass is 10.2. The van der Waals surface area contributed by atoms with Crippen molar-refractivity contribution in [2.24, 2.45) is 0 Å². The number of hydrogen-bond donors (Lipinski definition) is 2. The average molecular weight is 257 g/mol. The van der Waals surface area contributed by atoms with Crippen LogP contribution >= 0.6 is 11.3 Å². The molecule has 1 heterocycles. The molecular weight excluding hydrogens is 238 g/mol. The van der Waals surface area contributed by atoms with E-state index in [0.29, 0.717) is 6.54 Å². The summed E-state index contributed by atoms with van der Waals surface area (Å²) in [6.45, 7) is 5.23. The maximum Gasteiger partial charge on any atom is 0.306 e. The minimum atomic E-state index is -0.961. The summed E-state index contributed by atoms with van der Waals surface area (Å²) in [6.07, 6.45) is -1.01. The molecule has 1 aromatic heterocycles. The van der Waals surface area contributed by atoms with Gasteiger partial charge in [0, 0.05) is 24.0 Å². The minimum Gasteiger partial charge on any atom is -0.481 e. The Morgan fingerprint density at radius 3 is 2.71 bits per heavy atom. The number of aliphatic hydroxyl groups excluding tert-OH is 1. The van der Waals surface area contributed by atoms with Crippen LogP contribution in [-0.4, -0.2) is 39.8 Å². The third-order valence-corrected chi connectivity index (χ3v) is 3.39. The Morgan fingerprint density at radius 2 is 2.24 bits per heavy atom. The van der Waals surface area contributed by atoms with E-state index in [4.69, 9.17) is 5.11 Å². The molecule has 0 spiro atoms. The van der Waals surface area contributed by atoms with Crippen molar-refractivity contribution in [1.82, 2.24) is 4.90 Å². The quantitative estimate of drug-likeness (QED) is 0.782. The first kappa shape index (κ1) is 14.2. The Balaban J connectivity index is 2.51. The molecule has 0 aliphatic heterocycles. The van der Waals surface area contributed by atoms with E-state index in [0.717, 1.165) is 6.54 Å². The van der Waals surface area contributed by atoms with Crippen molar-refractivity contribution in [2.45, 2.75) is 39.0 Å². The fourth-order valence-electron chi connectivity index (χ4n) is 1.60. The van der Waals surface area contributed by atoms with E-state index in [1.54, 1.807) is 11.3 Å². The molecule has 0 bridgehead atoms. The van der Waals surface area contributed by atoms with Crippen LogP contribution in [0.2, 0.25) is 0 Å². The molecule has 1 unspecified atom stereocenters. The zero-order valence-electron chi connectivity index (χ0n) is 10.2. The van der Waals surface area contributed by atoms with E-state index >= 15 is 0 Å². The van der Waals surface area contributed by atoms with Gasteiger partial charge in [-0.3, -0.25) is 9.69 Å². The molecule has 0 radical (unpaired) electrons. The first-order valence-electron chi connectivity index (χ1n) is 5.65. The lowest BCUT2D eigenvalue weighted by Crippen LogP contribution is -2.37. The van der Waals surface area contributed by atoms with Crippen molar-refractivity contribution in [2.75, 3.05) is 6.54 Å². The zero-order valence-corrected chi connectivity index (χ0v) is 11.0. The predicted octanol–water partition coefficient (Wildman–Crippen LogP) is 1.79. The van der Waals surface area contributed by atoms with Gasteiger partial charge in [-0.1, -0.05) is 6.07 Å². The Morgan fingerprint density at radius 1 is 1.53 bits per heavy atom. The van der Waals surface area contributed by atoms with E-state index in [9.17, 15) is 9.90 Å². The number of aliphatic hydroxyl groups is 1. The molecular formula is C12H19NO3S. The second-order valence-corrected chi connectivity index (χ2v) is 5.39. The third kappa shape index (κ3) is 5.30. The summed E-state index contributed by atoms with van der Waals surface area (Å²) in [5.74, 6) is -0.961. The number of thiophene rings is 1. The lowest BCUT2D eigenvalue weighted by molar-refractivity contribution is -0.139. The summed E-state index contributed by atoms with van der Waals surface area (Å²) < 4.78 is 0. The van der Waals surface area contributed by atoms with Crippen LogP contribution < -0.4 is 0 Å². The normalized spacial score (nSPS) is 13.2. The maximum absolute atomic E-state index is 10.5. The van der Waals surface area contributed by atoms with E-state index in [1.807, 2.05) is 31.4 Å². The van der Waals surface area contributed by atoms with Gasteiger partial charge in [0.2, 0.25) is 0 Å². The molecule has 0 saturated carbocycles. The van der Waals surface area contributed by atoms with Crippen LogP contribution in [0.4, 0.5) is 0 Å². The Labute approximate surface area is 106 Å². The van der Waals surface area contributed by atoms with Crippen LogP contribution in [0.15, 0.2) is 17.5 Å². The van der Waals surface area contributed by atoms with Gasteiger partial charge < -0.3 is 10.2 Å². The molecule has 5 heteroatoms. The summed E-state index contributed by atoms with van der Waals surface area (Å²) in [4.78, 5) is 13.8. The van der Waals surface area contributed by atoms with Crippen molar-refractivity contribution in [3.63, 3.8) is 0 Å². The largest absolute Gasteiger partial charge is 0.481 e. The molecule has 0 aromatic carbocycles. The van der Waals surface area contributed by atoms with Gasteiger partial charge in [-0.15, -0.1) is 11.3 Å². The molecule has 0 aliphatic carbocycles. The van der Waals surface area contributed by atoms with Crippen molar-refractivity contribution < 1.29 is 15.0 Å². The molecule has 96 valence electrons. The van der Waals surface area contributed by atoms with E-state index in [-0.39, 0.29) is 12.5 Å². The number of hydrogen-bond acceptors (Lipinski definition) is 4. The van der Waals surface area contributed by atoms with Crippen LogP contribution in [0.25, 0.3) is 0 Å². The van der Waals surface area contributed by atoms with E-state index in [2.05, 4.69) is 4.90 Å². The number of carboxylic acids is 1. The second-order valence-electron chi connectivity index (χ2n) is 4.35. The summed E-state index contributed by atoms with van der Waals surface area (Å²) in [7, 11) is 0. The maximum atomic E-state index is 10.5. The monoisotopic (exact) mass is 257 g/mol. The summed E-state index contributed by atoms with van der Waals surface area (Å²) in [6, 6.07) is 4.32. The van der Waals surface area contributed by atoms with Crippen molar-refractivity contribution in [1.29, 1.82) is 0 Å². The van der Waals surface area contributed by atoms with Gasteiger partial charge in [0.1, 0.15) is 0 Å². The highest BCUT2D eigenvalue weighted by Crippen LogP contribution is 2.14. The van der Waals surface area contributed by atoms with Crippen molar-refractivity contribution >= 4 is 17.3 Å². The summed E-state index contributed by atoms with van der Waals surface area (Å²) in [5, 5.41) is 20.3. The highest BCUT2D eigenvalue weighted by atomic mass is 32.1. The molecule has 0 fully saturated rings. The van der Waals surface area contributed by atoms with Crippen LogP contribution in [0.5, 0.6) is 0 Å². The van der Waals surface area contributed by atoms with Crippen molar-refractivity contribution in [3.05, 3.63) is 22.4 Å². The molecule has 0 aliphatic rings. The number of carboxylic acid groups (broad SMARTS) is 1. The Bertz CT molecular complexity index is 338. The molecule has 0 amide bonds. The lowest BCUT2D eigenvalue weighted by Gasteiger charge is -2.27. The predicted molar refractivity (Wildman–Crippen MR) is 68.1 cm³/mol. The third-order valence-electron chi connectivity index (χ3n) is 2.52. The molecule has 4 nitrogen and oxygen atoms in total. The first-order valence-corrected chi connectivity index (χ1v) is 6.53. The van der Waals surface area contributed by atoms with Gasteiger partial charge in [0.15, 0.2) is 0 Å². The smallest absolute Gasteiger partial charge is 0.306 e. The van der Waals surface area contributed by atoms with Gasteiger partial charge in [-0.25, -0.2) is 0 Å². The van der Waals surface area contributed by atoms with Crippen LogP contribution in [0.3, 0.4) is 0 Å². The number of aliphatic carboxylic acids is 1. The molecule has 1 rings (SSSR count). The molecule has 0 saturated heterocycles. The van der Waals surface area contributed by atoms with Crippen molar-refractivity contribution in [3.8, 4) is 0 Å². The molecule has 2 N–H and O–H groups in total. The van der Waals surface area contributed by atoms with Gasteiger partial charge in [-0.2, -0.15) is 0 Å². The number of nitrogens with zero attached hydrogens (tertiary/aromatic N) is 1. The standard InChI is InChI=1S/C12H19NO3S/c1-9(2)13(7-10(14)6-12(15)16)8-11-4-3-5-17-11/h3-5,9-10,14H,6-8H2,1-2H3,(H,15,16). The molecule has 1 aromatic rings. The number of rotatable bonds is 7. The van der Waals surface area contributed by atoms with Gasteiger partial charge in [0.25, 0.3) is 0 Å². The van der Waals surface area contributed by atoms with E-state index in [1.165, 1.54) is 4.88 Å². The topological polar surface area (TPSA) is 60.8 Å². The highest BCUT2D eigenvalue weighted by Gasteiger charge is 2.17. The Hall–Kier alpha value is -0.910. The minimum absolute atomic E-state index is 0.201. The zero-order chi connectivity index (χ0) is 12.8. The van der Waals surface area contributed by atoms with Crippen LogP contribution in [0, 0.1) is 0 Å². The van der Waals surface area contributed by atoms with Crippen LogP contribution in [0.1, 0.15) is 25.1 Å². The first-order chi connectivity index (χ1) is 7.99. The fraction of sp³-hybridized carbons (Fsp3) is 0.583. The van der Waals surface area contributed by atoms with E-state index < -0.39 is 12.1 Å². The second kappa shape index (κ2) is 6.74. The molecule has 1 atom stereocenters. The summed E-state index contributed by atoms with van der Waals surface area (Å²) in [5.41, 5.74) is 0. The summed E-state index contributed by atoms with van der Waals surface area (Å²) >= 11 is 1.67. The fourth-order valence-corrected chi connectivity index (χ4v) is 2.33. The van der Waals surface area contributed by atoms with Gasteiger partial charge in [0.05, 0.1) is 12.5 Å². The van der Waals surface area contributed by atoms with Gasteiger partial charge in [-0.05, 0) is 25.3 Å². The average Bonchev–Trinajstić information content (AvgIpc) is 2.67. The number of carbonyl (C=O) groups is 1. The Kier molecular flexibility index (Phi) is 5.61. The van der Waals surface area contributed by atoms with Crippen LogP contribution in [-0.2, 0) is 11.3 Å². The SMILES string of the molecule is CC(C)N(Cc1cccs1)CC(O)CC(=O)O. The highest BCUT2D eigenvalue weighted by molar-refractivity contribution is 7.09. The van der Waals surface area contributed by atoms with Gasteiger partial charge >= 0.3 is 5.97 Å².